The number of aryl methyl sites for hydroxylation is 2. The Hall–Kier alpha value is -1.63. The van der Waals surface area contributed by atoms with E-state index in [1.54, 1.807) is 9.80 Å². The van der Waals surface area contributed by atoms with Gasteiger partial charge < -0.3 is 14.5 Å². The van der Waals surface area contributed by atoms with E-state index in [0.29, 0.717) is 31.1 Å². The van der Waals surface area contributed by atoms with E-state index < -0.39 is 0 Å². The molecule has 7 heteroatoms. The number of piperazine rings is 1. The molecule has 0 bridgehead atoms. The monoisotopic (exact) mass is 283 g/mol. The van der Waals surface area contributed by atoms with Crippen LogP contribution < -0.4 is 0 Å². The molecule has 0 unspecified atom stereocenters. The highest BCUT2D eigenvalue weighted by molar-refractivity contribution is 7.13. The van der Waals surface area contributed by atoms with E-state index in [-0.39, 0.29) is 12.0 Å². The Bertz CT molecular complexity index is 492. The lowest BCUT2D eigenvalue weighted by Gasteiger charge is -2.33. The minimum atomic E-state index is -0.336. The van der Waals surface area contributed by atoms with Gasteiger partial charge in [-0.15, -0.1) is 11.3 Å². The molecule has 0 atom stereocenters. The molecule has 0 N–H and O–H groups in total. The molecule has 0 aromatic carbocycles. The second-order valence-corrected chi connectivity index (χ2v) is 5.60. The van der Waals surface area contributed by atoms with Gasteiger partial charge in [-0.2, -0.15) is 0 Å². The van der Waals surface area contributed by atoms with Crippen molar-refractivity contribution in [3.05, 3.63) is 15.6 Å². The summed E-state index contributed by atoms with van der Waals surface area (Å²) in [5, 5.41) is 0.897. The van der Waals surface area contributed by atoms with Gasteiger partial charge in [0.15, 0.2) is 0 Å². The normalized spacial score (nSPS) is 15.5. The summed E-state index contributed by atoms with van der Waals surface area (Å²) in [7, 11) is 1.36. The van der Waals surface area contributed by atoms with Crippen LogP contribution in [0.2, 0.25) is 0 Å². The van der Waals surface area contributed by atoms with Crippen molar-refractivity contribution in [2.75, 3.05) is 33.3 Å². The number of aromatic nitrogens is 1. The Labute approximate surface area is 116 Å². The van der Waals surface area contributed by atoms with Gasteiger partial charge in [0.25, 0.3) is 5.91 Å². The van der Waals surface area contributed by atoms with Crippen LogP contribution in [0.15, 0.2) is 0 Å². The lowest BCUT2D eigenvalue weighted by atomic mass is 10.3. The molecule has 2 amide bonds. The molecule has 1 aromatic heterocycles. The van der Waals surface area contributed by atoms with Crippen LogP contribution in [-0.2, 0) is 4.74 Å². The summed E-state index contributed by atoms with van der Waals surface area (Å²) in [6.45, 7) is 5.82. The summed E-state index contributed by atoms with van der Waals surface area (Å²) in [4.78, 5) is 32.0. The van der Waals surface area contributed by atoms with Crippen LogP contribution >= 0.6 is 11.3 Å². The van der Waals surface area contributed by atoms with Crippen LogP contribution in [0.4, 0.5) is 4.79 Å². The summed E-state index contributed by atoms with van der Waals surface area (Å²) in [6, 6.07) is 0. The number of carbonyl (C=O) groups excluding carboxylic acids is 2. The van der Waals surface area contributed by atoms with Gasteiger partial charge in [0.1, 0.15) is 4.88 Å². The smallest absolute Gasteiger partial charge is 0.409 e. The summed E-state index contributed by atoms with van der Waals surface area (Å²) >= 11 is 1.42. The van der Waals surface area contributed by atoms with Crippen LogP contribution in [0.25, 0.3) is 0 Å². The van der Waals surface area contributed by atoms with Gasteiger partial charge in [0, 0.05) is 26.2 Å². The zero-order chi connectivity index (χ0) is 14.0. The molecule has 6 nitrogen and oxygen atoms in total. The SMILES string of the molecule is COC(=O)N1CCN(C(=O)c2sc(C)nc2C)CC1. The molecule has 1 aliphatic rings. The van der Waals surface area contributed by atoms with Gasteiger partial charge in [-0.05, 0) is 13.8 Å². The largest absolute Gasteiger partial charge is 0.453 e. The Morgan fingerprint density at radius 2 is 1.74 bits per heavy atom. The second kappa shape index (κ2) is 5.56. The number of methoxy groups -OCH3 is 1. The molecule has 1 aliphatic heterocycles. The zero-order valence-corrected chi connectivity index (χ0v) is 12.1. The van der Waals surface area contributed by atoms with Crippen molar-refractivity contribution in [3.63, 3.8) is 0 Å². The fourth-order valence-electron chi connectivity index (χ4n) is 2.09. The molecule has 2 heterocycles. The number of hydrogen-bond donors (Lipinski definition) is 0. The fourth-order valence-corrected chi connectivity index (χ4v) is 2.98. The number of rotatable bonds is 1. The summed E-state index contributed by atoms with van der Waals surface area (Å²) in [5.74, 6) is 0.00705. The maximum Gasteiger partial charge on any atom is 0.409 e. The van der Waals surface area contributed by atoms with Gasteiger partial charge in [-0.3, -0.25) is 4.79 Å². The molecule has 0 spiro atoms. The van der Waals surface area contributed by atoms with Crippen molar-refractivity contribution in [3.8, 4) is 0 Å². The van der Waals surface area contributed by atoms with E-state index in [0.717, 1.165) is 10.7 Å². The summed E-state index contributed by atoms with van der Waals surface area (Å²) in [6.07, 6.45) is -0.336. The van der Waals surface area contributed by atoms with E-state index in [1.807, 2.05) is 13.8 Å². The standard InChI is InChI=1S/C12H17N3O3S/c1-8-10(19-9(2)13-8)11(16)14-4-6-15(7-5-14)12(17)18-3/h4-7H2,1-3H3. The van der Waals surface area contributed by atoms with Crippen molar-refractivity contribution in [2.45, 2.75) is 13.8 Å². The van der Waals surface area contributed by atoms with Crippen molar-refractivity contribution >= 4 is 23.3 Å². The van der Waals surface area contributed by atoms with Crippen molar-refractivity contribution in [1.82, 2.24) is 14.8 Å². The third-order valence-electron chi connectivity index (χ3n) is 3.10. The predicted octanol–water partition coefficient (Wildman–Crippen LogP) is 1.28. The first kappa shape index (κ1) is 13.8. The number of ether oxygens (including phenoxy) is 1. The highest BCUT2D eigenvalue weighted by atomic mass is 32.1. The second-order valence-electron chi connectivity index (χ2n) is 4.40. The van der Waals surface area contributed by atoms with E-state index in [9.17, 15) is 9.59 Å². The summed E-state index contributed by atoms with van der Waals surface area (Å²) < 4.78 is 4.67. The van der Waals surface area contributed by atoms with Gasteiger partial charge in [-0.25, -0.2) is 9.78 Å². The average Bonchev–Trinajstić information content (AvgIpc) is 2.76. The van der Waals surface area contributed by atoms with Crippen LogP contribution in [0.1, 0.15) is 20.4 Å². The molecule has 2 rings (SSSR count). The Kier molecular flexibility index (Phi) is 4.04. The Morgan fingerprint density at radius 3 is 2.21 bits per heavy atom. The lowest BCUT2D eigenvalue weighted by molar-refractivity contribution is 0.0603. The first-order chi connectivity index (χ1) is 9.02. The number of amides is 2. The van der Waals surface area contributed by atoms with Crippen molar-refractivity contribution in [2.24, 2.45) is 0 Å². The minimum Gasteiger partial charge on any atom is -0.453 e. The van der Waals surface area contributed by atoms with Crippen LogP contribution in [0.5, 0.6) is 0 Å². The summed E-state index contributed by atoms with van der Waals surface area (Å²) in [5.41, 5.74) is 0.780. The molecular formula is C12H17N3O3S. The highest BCUT2D eigenvalue weighted by Gasteiger charge is 2.27. The molecule has 1 aromatic rings. The maximum atomic E-state index is 12.3. The third kappa shape index (κ3) is 2.86. The van der Waals surface area contributed by atoms with E-state index in [4.69, 9.17) is 0 Å². The number of hydrogen-bond acceptors (Lipinski definition) is 5. The zero-order valence-electron chi connectivity index (χ0n) is 11.3. The topological polar surface area (TPSA) is 62.7 Å². The minimum absolute atomic E-state index is 0.00705. The molecule has 104 valence electrons. The first-order valence-electron chi connectivity index (χ1n) is 6.09. The van der Waals surface area contributed by atoms with Crippen LogP contribution in [-0.4, -0.2) is 60.1 Å². The van der Waals surface area contributed by atoms with E-state index in [1.165, 1.54) is 18.4 Å². The van der Waals surface area contributed by atoms with Gasteiger partial charge in [0.2, 0.25) is 0 Å². The van der Waals surface area contributed by atoms with Crippen molar-refractivity contribution in [1.29, 1.82) is 0 Å². The third-order valence-corrected chi connectivity index (χ3v) is 4.16. The fraction of sp³-hybridized carbons (Fsp3) is 0.583. The average molecular weight is 283 g/mol. The van der Waals surface area contributed by atoms with Crippen molar-refractivity contribution < 1.29 is 14.3 Å². The molecule has 1 saturated heterocycles. The quantitative estimate of drug-likeness (QED) is 0.779. The predicted molar refractivity (Wildman–Crippen MR) is 71.5 cm³/mol. The van der Waals surface area contributed by atoms with Gasteiger partial charge >= 0.3 is 6.09 Å². The number of nitrogens with zero attached hydrogens (tertiary/aromatic N) is 3. The highest BCUT2D eigenvalue weighted by Crippen LogP contribution is 2.20. The Balaban J connectivity index is 2.00. The van der Waals surface area contributed by atoms with Crippen LogP contribution in [0, 0.1) is 13.8 Å². The van der Waals surface area contributed by atoms with E-state index in [2.05, 4.69) is 9.72 Å². The van der Waals surface area contributed by atoms with Gasteiger partial charge in [-0.1, -0.05) is 0 Å². The molecule has 0 saturated carbocycles. The van der Waals surface area contributed by atoms with Crippen LogP contribution in [0.3, 0.4) is 0 Å². The lowest BCUT2D eigenvalue weighted by Crippen LogP contribution is -2.50. The maximum absolute atomic E-state index is 12.3. The van der Waals surface area contributed by atoms with Gasteiger partial charge in [0.05, 0.1) is 17.8 Å². The number of carbonyl (C=O) groups is 2. The molecule has 0 radical (unpaired) electrons. The molecule has 1 fully saturated rings. The number of thiazole rings is 1. The van der Waals surface area contributed by atoms with E-state index >= 15 is 0 Å². The molecule has 0 aliphatic carbocycles. The molecule has 19 heavy (non-hydrogen) atoms. The first-order valence-corrected chi connectivity index (χ1v) is 6.90. The Morgan fingerprint density at radius 1 is 1.16 bits per heavy atom. The molecular weight excluding hydrogens is 266 g/mol.